The number of pyridine rings is 2. The number of nitrogens with zero attached hydrogens (tertiary/aromatic N) is 4. The molecule has 5 aromatic rings. The Morgan fingerprint density at radius 2 is 1.78 bits per heavy atom. The summed E-state index contributed by atoms with van der Waals surface area (Å²) >= 11 is 6.40. The topological polar surface area (TPSA) is 91.2 Å². The quantitative estimate of drug-likeness (QED) is 0.282. The number of aromatic nitrogens is 4. The van der Waals surface area contributed by atoms with Crippen molar-refractivity contribution in [1.82, 2.24) is 19.5 Å². The van der Waals surface area contributed by atoms with Gasteiger partial charge in [0.2, 0.25) is 0 Å². The van der Waals surface area contributed by atoms with Crippen LogP contribution in [-0.2, 0) is 11.4 Å². The third-order valence-electron chi connectivity index (χ3n) is 5.34. The number of benzene rings is 2. The number of amides is 1. The highest BCUT2D eigenvalue weighted by Gasteiger charge is 2.36. The van der Waals surface area contributed by atoms with Crippen LogP contribution in [0.3, 0.4) is 0 Å². The van der Waals surface area contributed by atoms with Crippen LogP contribution < -0.4 is 14.8 Å². The number of halogens is 2. The number of nitrogens with one attached hydrogen (secondary N) is 1. The van der Waals surface area contributed by atoms with Crippen LogP contribution in [0.2, 0.25) is 5.02 Å². The highest BCUT2D eigenvalue weighted by molar-refractivity contribution is 6.32. The molecule has 1 unspecified atom stereocenters. The Morgan fingerprint density at radius 1 is 1.00 bits per heavy atom. The van der Waals surface area contributed by atoms with Crippen molar-refractivity contribution < 1.29 is 18.7 Å². The minimum absolute atomic E-state index is 0.0187. The lowest BCUT2D eigenvalue weighted by Gasteiger charge is -2.21. The molecule has 0 spiro atoms. The summed E-state index contributed by atoms with van der Waals surface area (Å²) in [4.78, 5) is 25.9. The summed E-state index contributed by atoms with van der Waals surface area (Å²) in [5, 5.41) is 2.89. The lowest BCUT2D eigenvalue weighted by molar-refractivity contribution is -0.144. The predicted octanol–water partition coefficient (Wildman–Crippen LogP) is 5.75. The van der Waals surface area contributed by atoms with Crippen molar-refractivity contribution in [2.24, 2.45) is 0 Å². The van der Waals surface area contributed by atoms with E-state index in [0.29, 0.717) is 22.1 Å². The van der Waals surface area contributed by atoms with Gasteiger partial charge in [-0.3, -0.25) is 4.79 Å². The molecule has 186 valence electrons. The largest absolute Gasteiger partial charge is 0.458 e. The van der Waals surface area contributed by atoms with Gasteiger partial charge in [-0.1, -0.05) is 48.0 Å². The van der Waals surface area contributed by atoms with Crippen LogP contribution >= 0.6 is 11.6 Å². The molecule has 0 fully saturated rings. The van der Waals surface area contributed by atoms with E-state index < -0.39 is 11.8 Å². The van der Waals surface area contributed by atoms with Gasteiger partial charge in [-0.2, -0.15) is 9.37 Å². The fourth-order valence-corrected chi connectivity index (χ4v) is 3.81. The van der Waals surface area contributed by atoms with Crippen LogP contribution in [0.5, 0.6) is 11.8 Å². The maximum atomic E-state index is 15.0. The van der Waals surface area contributed by atoms with Crippen molar-refractivity contribution in [2.75, 3.05) is 5.32 Å². The summed E-state index contributed by atoms with van der Waals surface area (Å²) in [5.41, 5.74) is 1.95. The molecule has 1 N–H and O–H groups in total. The number of carbonyl (C=O) groups is 1. The molecule has 3 aromatic heterocycles. The molecule has 0 aliphatic heterocycles. The van der Waals surface area contributed by atoms with Crippen molar-refractivity contribution in [2.45, 2.75) is 19.4 Å². The number of fused-ring (bicyclic) bond motifs is 1. The zero-order valence-corrected chi connectivity index (χ0v) is 20.4. The van der Waals surface area contributed by atoms with Gasteiger partial charge in [0.1, 0.15) is 18.2 Å². The molecule has 37 heavy (non-hydrogen) atoms. The Bertz CT molecular complexity index is 1560. The maximum absolute atomic E-state index is 15.0. The number of imidazole rings is 1. The molecule has 0 saturated carbocycles. The second-order valence-electron chi connectivity index (χ2n) is 8.12. The van der Waals surface area contributed by atoms with Gasteiger partial charge in [0, 0.05) is 13.1 Å². The lowest BCUT2D eigenvalue weighted by Crippen LogP contribution is -2.41. The number of anilines is 1. The molecule has 8 nitrogen and oxygen atoms in total. The summed E-state index contributed by atoms with van der Waals surface area (Å²) in [5.74, 6) is -2.75. The zero-order chi connectivity index (χ0) is 25.8. The number of carbonyl (C=O) groups excluding carboxylic acids is 1. The molecule has 0 radical (unpaired) electrons. The smallest absolute Gasteiger partial charge is 0.324 e. The summed E-state index contributed by atoms with van der Waals surface area (Å²) in [6.45, 7) is 1.06. The number of alkyl halides is 1. The first-order chi connectivity index (χ1) is 17.9. The van der Waals surface area contributed by atoms with Crippen molar-refractivity contribution >= 4 is 34.4 Å². The number of ether oxygens (including phenoxy) is 2. The van der Waals surface area contributed by atoms with Crippen molar-refractivity contribution in [3.8, 4) is 17.6 Å². The Labute approximate surface area is 216 Å². The third-order valence-corrected chi connectivity index (χ3v) is 5.63. The summed E-state index contributed by atoms with van der Waals surface area (Å²) < 4.78 is 27.9. The molecule has 0 bridgehead atoms. The van der Waals surface area contributed by atoms with E-state index in [2.05, 4.69) is 20.3 Å². The average Bonchev–Trinajstić information content (AvgIpc) is 3.26. The molecule has 2 aromatic carbocycles. The molecule has 0 aliphatic carbocycles. The standard InChI is InChI=1S/C27H21ClFN5O3/c1-27(29,37-19-10-3-2-4-11-19)25(35)33-23-15-7-9-18(31-23)17-36-26-32-21-13-5-6-14-22(21)34(26)24-20(28)12-8-16-30-24/h2-16H,17H2,1H3,(H,31,33,35). The van der Waals surface area contributed by atoms with E-state index in [1.54, 1.807) is 71.4 Å². The van der Waals surface area contributed by atoms with Crippen LogP contribution in [0.15, 0.2) is 91.1 Å². The van der Waals surface area contributed by atoms with Gasteiger partial charge in [-0.15, -0.1) is 0 Å². The van der Waals surface area contributed by atoms with Gasteiger partial charge in [-0.05, 0) is 48.5 Å². The Balaban J connectivity index is 1.33. The molecule has 10 heteroatoms. The Kier molecular flexibility index (Phi) is 6.70. The molecule has 0 aliphatic rings. The number of hydrogen-bond acceptors (Lipinski definition) is 6. The maximum Gasteiger partial charge on any atom is 0.324 e. The second kappa shape index (κ2) is 10.2. The third kappa shape index (κ3) is 5.36. The van der Waals surface area contributed by atoms with Crippen LogP contribution in [0.4, 0.5) is 10.2 Å². The molecule has 0 saturated heterocycles. The Hall–Kier alpha value is -4.50. The first-order valence-corrected chi connectivity index (χ1v) is 11.7. The van der Waals surface area contributed by atoms with Gasteiger partial charge < -0.3 is 14.8 Å². The van der Waals surface area contributed by atoms with Crippen molar-refractivity contribution in [3.63, 3.8) is 0 Å². The van der Waals surface area contributed by atoms with Crippen molar-refractivity contribution in [1.29, 1.82) is 0 Å². The van der Waals surface area contributed by atoms with E-state index in [1.165, 1.54) is 0 Å². The SMILES string of the molecule is CC(F)(Oc1ccccc1)C(=O)Nc1cccc(COc2nc3ccccc3n2-c2ncccc2Cl)n1. The molecule has 5 rings (SSSR count). The van der Waals surface area contributed by atoms with Crippen LogP contribution in [0, 0.1) is 0 Å². The minimum atomic E-state index is -2.61. The lowest BCUT2D eigenvalue weighted by atomic mass is 10.3. The van der Waals surface area contributed by atoms with E-state index in [9.17, 15) is 9.18 Å². The minimum Gasteiger partial charge on any atom is -0.458 e. The van der Waals surface area contributed by atoms with Gasteiger partial charge in [0.05, 0.1) is 21.7 Å². The fourth-order valence-electron chi connectivity index (χ4n) is 3.60. The first-order valence-electron chi connectivity index (χ1n) is 11.3. The van der Waals surface area contributed by atoms with E-state index in [0.717, 1.165) is 12.4 Å². The molecular weight excluding hydrogens is 497 g/mol. The van der Waals surface area contributed by atoms with E-state index in [4.69, 9.17) is 21.1 Å². The molecule has 1 amide bonds. The molecule has 3 heterocycles. The van der Waals surface area contributed by atoms with Gasteiger partial charge >= 0.3 is 17.8 Å². The monoisotopic (exact) mass is 517 g/mol. The zero-order valence-electron chi connectivity index (χ0n) is 19.6. The number of rotatable bonds is 8. The average molecular weight is 518 g/mol. The molecule has 1 atom stereocenters. The Morgan fingerprint density at radius 3 is 2.59 bits per heavy atom. The summed E-state index contributed by atoms with van der Waals surface area (Å²) in [6.07, 6.45) is 1.63. The first kappa shape index (κ1) is 24.2. The second-order valence-corrected chi connectivity index (χ2v) is 8.52. The van der Waals surface area contributed by atoms with Gasteiger partial charge in [0.15, 0.2) is 5.82 Å². The van der Waals surface area contributed by atoms with Gasteiger partial charge in [-0.25, -0.2) is 14.5 Å². The highest BCUT2D eigenvalue weighted by Crippen LogP contribution is 2.29. The van der Waals surface area contributed by atoms with E-state index >= 15 is 0 Å². The van der Waals surface area contributed by atoms with E-state index in [-0.39, 0.29) is 24.2 Å². The summed E-state index contributed by atoms with van der Waals surface area (Å²) in [7, 11) is 0. The van der Waals surface area contributed by atoms with Crippen molar-refractivity contribution in [3.05, 3.63) is 102 Å². The van der Waals surface area contributed by atoms with E-state index in [1.807, 2.05) is 24.3 Å². The van der Waals surface area contributed by atoms with Gasteiger partial charge in [0.25, 0.3) is 0 Å². The normalized spacial score (nSPS) is 12.6. The predicted molar refractivity (Wildman–Crippen MR) is 138 cm³/mol. The van der Waals surface area contributed by atoms with Crippen LogP contribution in [0.25, 0.3) is 16.9 Å². The van der Waals surface area contributed by atoms with Crippen LogP contribution in [0.1, 0.15) is 12.6 Å². The number of para-hydroxylation sites is 3. The highest BCUT2D eigenvalue weighted by atomic mass is 35.5. The number of hydrogen-bond donors (Lipinski definition) is 1. The fraction of sp³-hybridized carbons (Fsp3) is 0.111. The summed E-state index contributed by atoms with van der Waals surface area (Å²) in [6, 6.07) is 24.4. The molecular formula is C27H21ClFN5O3. The van der Waals surface area contributed by atoms with Crippen LogP contribution in [-0.4, -0.2) is 31.3 Å².